The maximum absolute atomic E-state index is 12.3. The minimum absolute atomic E-state index is 0.394. The third kappa shape index (κ3) is 2.79. The van der Waals surface area contributed by atoms with Gasteiger partial charge in [-0.05, 0) is 24.3 Å². The number of nitrogens with zero attached hydrogens (tertiary/aromatic N) is 1. The Morgan fingerprint density at radius 1 is 1.08 bits per heavy atom. The molecular formula is C18H11ClN2O2S. The molecule has 0 amide bonds. The number of aromatic nitrogens is 1. The van der Waals surface area contributed by atoms with Gasteiger partial charge in [-0.2, -0.15) is 0 Å². The van der Waals surface area contributed by atoms with Gasteiger partial charge in [0.05, 0.1) is 16.3 Å². The first-order chi connectivity index (χ1) is 11.7. The largest absolute Gasteiger partial charge is 0.421 e. The highest BCUT2D eigenvalue weighted by Gasteiger charge is 2.13. The van der Waals surface area contributed by atoms with E-state index in [1.54, 1.807) is 12.1 Å². The van der Waals surface area contributed by atoms with Gasteiger partial charge in [0.15, 0.2) is 10.7 Å². The molecule has 2 heterocycles. The normalized spacial score (nSPS) is 10.9. The van der Waals surface area contributed by atoms with Crippen LogP contribution >= 0.6 is 22.9 Å². The van der Waals surface area contributed by atoms with Crippen LogP contribution in [0.5, 0.6) is 0 Å². The lowest BCUT2D eigenvalue weighted by Gasteiger charge is -2.02. The summed E-state index contributed by atoms with van der Waals surface area (Å²) in [7, 11) is 0. The van der Waals surface area contributed by atoms with Crippen molar-refractivity contribution in [1.29, 1.82) is 0 Å². The Morgan fingerprint density at radius 3 is 2.75 bits per heavy atom. The van der Waals surface area contributed by atoms with Gasteiger partial charge in [0.25, 0.3) is 0 Å². The molecule has 0 aliphatic rings. The number of fused-ring (bicyclic) bond motifs is 1. The van der Waals surface area contributed by atoms with Crippen molar-refractivity contribution in [2.75, 3.05) is 5.32 Å². The lowest BCUT2D eigenvalue weighted by molar-refractivity contribution is 0.563. The third-order valence-electron chi connectivity index (χ3n) is 3.52. The van der Waals surface area contributed by atoms with Gasteiger partial charge in [-0.1, -0.05) is 41.9 Å². The van der Waals surface area contributed by atoms with Crippen molar-refractivity contribution in [2.45, 2.75) is 0 Å². The quantitative estimate of drug-likeness (QED) is 0.506. The van der Waals surface area contributed by atoms with Gasteiger partial charge in [-0.3, -0.25) is 0 Å². The smallest absolute Gasteiger partial charge is 0.345 e. The highest BCUT2D eigenvalue weighted by Crippen LogP contribution is 2.29. The van der Waals surface area contributed by atoms with Crippen molar-refractivity contribution >= 4 is 44.7 Å². The van der Waals surface area contributed by atoms with Crippen molar-refractivity contribution < 1.29 is 4.42 Å². The van der Waals surface area contributed by atoms with E-state index in [9.17, 15) is 4.79 Å². The molecule has 118 valence electrons. The highest BCUT2D eigenvalue weighted by molar-refractivity contribution is 7.14. The first kappa shape index (κ1) is 14.9. The molecule has 4 aromatic rings. The Hall–Kier alpha value is -2.63. The van der Waals surface area contributed by atoms with E-state index in [0.29, 0.717) is 27.0 Å². The van der Waals surface area contributed by atoms with Crippen LogP contribution in [0, 0.1) is 0 Å². The zero-order chi connectivity index (χ0) is 16.5. The second kappa shape index (κ2) is 6.11. The molecule has 6 heteroatoms. The van der Waals surface area contributed by atoms with Crippen LogP contribution in [0.15, 0.2) is 69.2 Å². The van der Waals surface area contributed by atoms with Gasteiger partial charge in [-0.15, -0.1) is 11.3 Å². The van der Waals surface area contributed by atoms with E-state index in [1.165, 1.54) is 11.3 Å². The molecule has 0 saturated carbocycles. The van der Waals surface area contributed by atoms with E-state index in [1.807, 2.05) is 47.8 Å². The van der Waals surface area contributed by atoms with E-state index in [0.717, 1.165) is 11.1 Å². The molecule has 4 nitrogen and oxygen atoms in total. The van der Waals surface area contributed by atoms with Crippen LogP contribution in [0.3, 0.4) is 0 Å². The first-order valence-electron chi connectivity index (χ1n) is 7.21. The molecule has 0 spiro atoms. The van der Waals surface area contributed by atoms with Crippen molar-refractivity contribution in [3.63, 3.8) is 0 Å². The molecule has 24 heavy (non-hydrogen) atoms. The molecular weight excluding hydrogens is 344 g/mol. The predicted octanol–water partition coefficient (Wildman–Crippen LogP) is 5.31. The van der Waals surface area contributed by atoms with Gasteiger partial charge in [0.1, 0.15) is 0 Å². The van der Waals surface area contributed by atoms with Gasteiger partial charge in [0, 0.05) is 16.5 Å². The number of hydrogen-bond acceptors (Lipinski definition) is 5. The van der Waals surface area contributed by atoms with E-state index in [4.69, 9.17) is 16.0 Å². The minimum Gasteiger partial charge on any atom is -0.421 e. The Kier molecular flexibility index (Phi) is 3.80. The van der Waals surface area contributed by atoms with Crippen LogP contribution in [-0.2, 0) is 0 Å². The molecule has 2 aromatic heterocycles. The van der Waals surface area contributed by atoms with Gasteiger partial charge < -0.3 is 9.73 Å². The highest BCUT2D eigenvalue weighted by atomic mass is 35.5. The number of para-hydroxylation sites is 2. The number of thiazole rings is 1. The Bertz CT molecular complexity index is 1070. The molecule has 0 atom stereocenters. The topological polar surface area (TPSA) is 55.1 Å². The monoisotopic (exact) mass is 354 g/mol. The fourth-order valence-electron chi connectivity index (χ4n) is 2.39. The molecule has 0 fully saturated rings. The standard InChI is InChI=1S/C18H11ClN2O2S/c19-14-8-4-5-11-9-13(17(22)23-16(11)14)15-10-24-18(21-15)20-12-6-2-1-3-7-12/h1-10H,(H,20,21). The van der Waals surface area contributed by atoms with E-state index in [-0.39, 0.29) is 0 Å². The molecule has 0 aliphatic carbocycles. The second-order valence-corrected chi connectivity index (χ2v) is 6.40. The lowest BCUT2D eigenvalue weighted by Crippen LogP contribution is -2.03. The van der Waals surface area contributed by atoms with E-state index >= 15 is 0 Å². The summed E-state index contributed by atoms with van der Waals surface area (Å²) in [6.07, 6.45) is 0. The summed E-state index contributed by atoms with van der Waals surface area (Å²) >= 11 is 7.49. The number of rotatable bonds is 3. The number of anilines is 2. The Balaban J connectivity index is 1.73. The van der Waals surface area contributed by atoms with E-state index in [2.05, 4.69) is 10.3 Å². The summed E-state index contributed by atoms with van der Waals surface area (Å²) in [6.45, 7) is 0. The lowest BCUT2D eigenvalue weighted by atomic mass is 10.1. The molecule has 0 unspecified atom stereocenters. The van der Waals surface area contributed by atoms with Crippen molar-refractivity contribution in [3.8, 4) is 11.3 Å². The summed E-state index contributed by atoms with van der Waals surface area (Å²) in [5.41, 5.74) is 1.88. The molecule has 0 radical (unpaired) electrons. The van der Waals surface area contributed by atoms with Crippen LogP contribution in [0.25, 0.3) is 22.2 Å². The van der Waals surface area contributed by atoms with Crippen molar-refractivity contribution in [1.82, 2.24) is 4.98 Å². The SMILES string of the molecule is O=c1oc2c(Cl)cccc2cc1-c1csc(Nc2ccccc2)n1. The predicted molar refractivity (Wildman–Crippen MR) is 98.3 cm³/mol. The fourth-order valence-corrected chi connectivity index (χ4v) is 3.34. The maximum Gasteiger partial charge on any atom is 0.345 e. The Morgan fingerprint density at radius 2 is 1.92 bits per heavy atom. The first-order valence-corrected chi connectivity index (χ1v) is 8.47. The third-order valence-corrected chi connectivity index (χ3v) is 4.57. The van der Waals surface area contributed by atoms with Crippen LogP contribution in [-0.4, -0.2) is 4.98 Å². The second-order valence-electron chi connectivity index (χ2n) is 5.13. The number of nitrogens with one attached hydrogen (secondary N) is 1. The number of benzene rings is 2. The fraction of sp³-hybridized carbons (Fsp3) is 0. The summed E-state index contributed by atoms with van der Waals surface area (Å²) in [6, 6.07) is 16.9. The molecule has 1 N–H and O–H groups in total. The van der Waals surface area contributed by atoms with Crippen LogP contribution in [0.4, 0.5) is 10.8 Å². The average molecular weight is 355 g/mol. The van der Waals surface area contributed by atoms with Crippen molar-refractivity contribution in [2.24, 2.45) is 0 Å². The molecule has 2 aromatic carbocycles. The number of halogens is 1. The Labute approximate surface area is 146 Å². The zero-order valence-electron chi connectivity index (χ0n) is 12.3. The van der Waals surface area contributed by atoms with Gasteiger partial charge >= 0.3 is 5.63 Å². The van der Waals surface area contributed by atoms with Gasteiger partial charge in [-0.25, -0.2) is 9.78 Å². The summed E-state index contributed by atoms with van der Waals surface area (Å²) < 4.78 is 5.36. The number of hydrogen-bond donors (Lipinski definition) is 1. The maximum atomic E-state index is 12.3. The van der Waals surface area contributed by atoms with Crippen LogP contribution < -0.4 is 10.9 Å². The minimum atomic E-state index is -0.452. The molecule has 0 saturated heterocycles. The van der Waals surface area contributed by atoms with Crippen LogP contribution in [0.1, 0.15) is 0 Å². The van der Waals surface area contributed by atoms with Gasteiger partial charge in [0.2, 0.25) is 0 Å². The zero-order valence-corrected chi connectivity index (χ0v) is 13.9. The van der Waals surface area contributed by atoms with E-state index < -0.39 is 5.63 Å². The summed E-state index contributed by atoms with van der Waals surface area (Å²) in [4.78, 5) is 16.8. The summed E-state index contributed by atoms with van der Waals surface area (Å²) in [5.74, 6) is 0. The summed E-state index contributed by atoms with van der Waals surface area (Å²) in [5, 5.41) is 6.93. The molecule has 4 rings (SSSR count). The van der Waals surface area contributed by atoms with Crippen molar-refractivity contribution in [3.05, 3.63) is 75.4 Å². The average Bonchev–Trinajstić information content (AvgIpc) is 3.04. The van der Waals surface area contributed by atoms with Crippen LogP contribution in [0.2, 0.25) is 5.02 Å². The molecule has 0 aliphatic heterocycles. The molecule has 0 bridgehead atoms.